The molecule has 8 nitrogen and oxygen atoms in total. The monoisotopic (exact) mass is 425 g/mol. The number of nitrogens with zero attached hydrogens (tertiary/aromatic N) is 1. The highest BCUT2D eigenvalue weighted by Crippen LogP contribution is 2.34. The first-order valence-corrected chi connectivity index (χ1v) is 9.27. The summed E-state index contributed by atoms with van der Waals surface area (Å²) in [4.78, 5) is 10.6. The van der Waals surface area contributed by atoms with E-state index in [0.717, 1.165) is 17.3 Å². The lowest BCUT2D eigenvalue weighted by Crippen LogP contribution is -2.28. The van der Waals surface area contributed by atoms with Crippen LogP contribution in [-0.4, -0.2) is 15.2 Å². The van der Waals surface area contributed by atoms with Crippen molar-refractivity contribution in [2.75, 3.05) is 0 Å². The number of halogens is 1. The van der Waals surface area contributed by atoms with E-state index in [-0.39, 0.29) is 28.3 Å². The van der Waals surface area contributed by atoms with Crippen molar-refractivity contribution in [1.29, 1.82) is 5.41 Å². The molecule has 2 aromatic carbocycles. The fourth-order valence-corrected chi connectivity index (χ4v) is 2.88. The molecule has 0 atom stereocenters. The zero-order chi connectivity index (χ0) is 20.0. The number of nitrogens with two attached hydrogens (primary N) is 2. The van der Waals surface area contributed by atoms with E-state index in [9.17, 15) is 10.1 Å². The third-order valence-corrected chi connectivity index (χ3v) is 4.49. The highest BCUT2D eigenvalue weighted by atomic mass is 35.5. The van der Waals surface area contributed by atoms with Crippen LogP contribution in [-0.2, 0) is 12.3 Å². The first-order valence-electron chi connectivity index (χ1n) is 7.50. The van der Waals surface area contributed by atoms with Crippen molar-refractivity contribution in [2.45, 2.75) is 12.3 Å². The van der Waals surface area contributed by atoms with Gasteiger partial charge in [-0.15, -0.1) is 0 Å². The molecule has 0 spiro atoms. The van der Waals surface area contributed by atoms with Crippen molar-refractivity contribution >= 4 is 51.5 Å². The summed E-state index contributed by atoms with van der Waals surface area (Å²) in [5.74, 6) is 1.06. The van der Waals surface area contributed by atoms with E-state index in [2.05, 4.69) is 5.32 Å². The highest BCUT2D eigenvalue weighted by Gasteiger charge is 2.15. The van der Waals surface area contributed by atoms with E-state index in [4.69, 9.17) is 45.4 Å². The number of nitrogens with one attached hydrogen (secondary N) is 2. The summed E-state index contributed by atoms with van der Waals surface area (Å²) >= 11 is 12.0. The Morgan fingerprint density at radius 2 is 1.93 bits per heavy atom. The molecule has 0 aliphatic heterocycles. The topological polar surface area (TPSA) is 140 Å². The Morgan fingerprint density at radius 1 is 1.26 bits per heavy atom. The number of rotatable bonds is 7. The number of nitro groups is 1. The molecular weight excluding hydrogens is 410 g/mol. The fourth-order valence-electron chi connectivity index (χ4n) is 2.10. The second-order valence-electron chi connectivity index (χ2n) is 5.27. The standard InChI is InChI=1S/C16H16ClN5O3S2/c17-11-3-1-10(8-27-15(18)19)13(5-11)25-14-6-12(22(23)24)4-2-9(14)7-21-16(20)26/h1-6H,7-8H2,(H3,18,19)(H3,20,21,26). The SMILES string of the molecule is N=C(N)SCc1ccc(Cl)cc1Oc1cc([N+](=O)[O-])ccc1CNC(N)=S. The molecule has 27 heavy (non-hydrogen) atoms. The molecule has 2 rings (SSSR count). The van der Waals surface area contributed by atoms with Gasteiger partial charge in [-0.2, -0.15) is 0 Å². The Kier molecular flexibility index (Phi) is 7.22. The summed E-state index contributed by atoms with van der Waals surface area (Å²) in [6.45, 7) is 0.237. The van der Waals surface area contributed by atoms with Gasteiger partial charge in [-0.05, 0) is 30.4 Å². The molecule has 0 heterocycles. The number of non-ortho nitro benzene ring substituents is 1. The van der Waals surface area contributed by atoms with Crippen molar-refractivity contribution in [3.05, 3.63) is 62.7 Å². The number of benzene rings is 2. The van der Waals surface area contributed by atoms with Crippen molar-refractivity contribution in [1.82, 2.24) is 5.32 Å². The third-order valence-electron chi connectivity index (χ3n) is 3.35. The zero-order valence-corrected chi connectivity index (χ0v) is 16.3. The number of nitro benzene ring substituents is 1. The number of amidine groups is 1. The fraction of sp³-hybridized carbons (Fsp3) is 0.125. The van der Waals surface area contributed by atoms with Gasteiger partial charge in [-0.25, -0.2) is 0 Å². The van der Waals surface area contributed by atoms with E-state index >= 15 is 0 Å². The molecule has 6 N–H and O–H groups in total. The van der Waals surface area contributed by atoms with Crippen molar-refractivity contribution in [3.8, 4) is 11.5 Å². The lowest BCUT2D eigenvalue weighted by atomic mass is 10.1. The van der Waals surface area contributed by atoms with Crippen LogP contribution in [0.5, 0.6) is 11.5 Å². The molecule has 0 radical (unpaired) electrons. The molecule has 0 aromatic heterocycles. The second kappa shape index (κ2) is 9.40. The van der Waals surface area contributed by atoms with Gasteiger partial charge in [0.2, 0.25) is 0 Å². The largest absolute Gasteiger partial charge is 0.456 e. The molecule has 0 saturated heterocycles. The highest BCUT2D eigenvalue weighted by molar-refractivity contribution is 8.13. The van der Waals surface area contributed by atoms with Gasteiger partial charge < -0.3 is 21.5 Å². The second-order valence-corrected chi connectivity index (χ2v) is 7.17. The maximum Gasteiger partial charge on any atom is 0.273 e. The van der Waals surface area contributed by atoms with E-state index < -0.39 is 4.92 Å². The Morgan fingerprint density at radius 3 is 2.56 bits per heavy atom. The molecule has 0 unspecified atom stereocenters. The van der Waals surface area contributed by atoms with Crippen molar-refractivity contribution < 1.29 is 9.66 Å². The van der Waals surface area contributed by atoms with Gasteiger partial charge in [0.05, 0.1) is 11.0 Å². The molecule has 142 valence electrons. The van der Waals surface area contributed by atoms with Crippen LogP contribution in [0.2, 0.25) is 5.02 Å². The Labute approximate surface area is 169 Å². The minimum Gasteiger partial charge on any atom is -0.456 e. The molecule has 0 aliphatic rings. The van der Waals surface area contributed by atoms with Gasteiger partial charge in [0.25, 0.3) is 5.69 Å². The number of ether oxygens (including phenoxy) is 1. The number of thiocarbonyl (C=S) groups is 1. The predicted octanol–water partition coefficient (Wildman–Crippen LogP) is 3.50. The number of hydrogen-bond acceptors (Lipinski definition) is 6. The molecule has 0 fully saturated rings. The normalized spacial score (nSPS) is 10.3. The summed E-state index contributed by atoms with van der Waals surface area (Å²) in [6, 6.07) is 9.28. The Bertz CT molecular complexity index is 894. The van der Waals surface area contributed by atoms with Crippen molar-refractivity contribution in [2.24, 2.45) is 11.5 Å². The summed E-state index contributed by atoms with van der Waals surface area (Å²) in [5.41, 5.74) is 12.1. The average Bonchev–Trinajstić information content (AvgIpc) is 2.59. The van der Waals surface area contributed by atoms with E-state index in [1.165, 1.54) is 12.1 Å². The molecule has 0 bridgehead atoms. The molecule has 0 saturated carbocycles. The van der Waals surface area contributed by atoms with Crippen LogP contribution in [0.4, 0.5) is 5.69 Å². The van der Waals surface area contributed by atoms with Crippen molar-refractivity contribution in [3.63, 3.8) is 0 Å². The predicted molar refractivity (Wildman–Crippen MR) is 111 cm³/mol. The van der Waals surface area contributed by atoms with Crippen LogP contribution in [0.3, 0.4) is 0 Å². The van der Waals surface area contributed by atoms with Gasteiger partial charge in [0.1, 0.15) is 11.5 Å². The van der Waals surface area contributed by atoms with E-state index in [1.54, 1.807) is 24.3 Å². The third kappa shape index (κ3) is 6.27. The zero-order valence-electron chi connectivity index (χ0n) is 13.9. The number of thioether (sulfide) groups is 1. The molecular formula is C16H16ClN5O3S2. The van der Waals surface area contributed by atoms with Crippen LogP contribution < -0.4 is 21.5 Å². The molecule has 0 aliphatic carbocycles. The molecule has 11 heteroatoms. The first-order chi connectivity index (χ1) is 12.8. The average molecular weight is 426 g/mol. The van der Waals surface area contributed by atoms with Gasteiger partial charge in [-0.1, -0.05) is 29.4 Å². The summed E-state index contributed by atoms with van der Waals surface area (Å²) in [5, 5.41) is 21.8. The maximum absolute atomic E-state index is 11.1. The van der Waals surface area contributed by atoms with Crippen LogP contribution >= 0.6 is 35.6 Å². The maximum atomic E-state index is 11.1. The van der Waals surface area contributed by atoms with Crippen LogP contribution in [0.15, 0.2) is 36.4 Å². The van der Waals surface area contributed by atoms with Crippen LogP contribution in [0.25, 0.3) is 0 Å². The van der Waals surface area contributed by atoms with Gasteiger partial charge >= 0.3 is 0 Å². The Hall–Kier alpha value is -2.56. The summed E-state index contributed by atoms with van der Waals surface area (Å²) < 4.78 is 5.94. The van der Waals surface area contributed by atoms with Gasteiger partial charge in [0.15, 0.2) is 10.3 Å². The minimum absolute atomic E-state index is 0.0346. The lowest BCUT2D eigenvalue weighted by Gasteiger charge is -2.15. The van der Waals surface area contributed by atoms with Gasteiger partial charge in [0, 0.05) is 34.5 Å². The Balaban J connectivity index is 2.40. The quantitative estimate of drug-likeness (QED) is 0.174. The molecule has 0 amide bonds. The van der Waals surface area contributed by atoms with Crippen LogP contribution in [0.1, 0.15) is 11.1 Å². The molecule has 2 aromatic rings. The van der Waals surface area contributed by atoms with Gasteiger partial charge in [-0.3, -0.25) is 15.5 Å². The summed E-state index contributed by atoms with van der Waals surface area (Å²) in [6.07, 6.45) is 0. The number of hydrogen-bond donors (Lipinski definition) is 4. The minimum atomic E-state index is -0.512. The van der Waals surface area contributed by atoms with Crippen LogP contribution in [0, 0.1) is 15.5 Å². The van der Waals surface area contributed by atoms with E-state index in [1.807, 2.05) is 0 Å². The first kappa shape index (κ1) is 20.7. The van der Waals surface area contributed by atoms with E-state index in [0.29, 0.717) is 22.1 Å². The summed E-state index contributed by atoms with van der Waals surface area (Å²) in [7, 11) is 0. The lowest BCUT2D eigenvalue weighted by molar-refractivity contribution is -0.384. The smallest absolute Gasteiger partial charge is 0.273 e.